The van der Waals surface area contributed by atoms with E-state index in [9.17, 15) is 0 Å². The number of benzene rings is 4. The number of nitrogens with one attached hydrogen (secondary N) is 2. The van der Waals surface area contributed by atoms with Crippen molar-refractivity contribution in [3.05, 3.63) is 131 Å². The van der Waals surface area contributed by atoms with Crippen LogP contribution in [0, 0.1) is 0 Å². The van der Waals surface area contributed by atoms with Crippen molar-refractivity contribution in [3.63, 3.8) is 0 Å². The van der Waals surface area contributed by atoms with E-state index in [0.717, 1.165) is 44.8 Å². The van der Waals surface area contributed by atoms with Crippen LogP contribution in [0.2, 0.25) is 0 Å². The fraction of sp³-hybridized carbons (Fsp3) is 0.263. The summed E-state index contributed by atoms with van der Waals surface area (Å²) in [6.45, 7) is 8.10. The molecule has 0 unspecified atom stereocenters. The summed E-state index contributed by atoms with van der Waals surface area (Å²) in [5.41, 5.74) is 20.7. The van der Waals surface area contributed by atoms with Crippen LogP contribution >= 0.6 is 0 Å². The summed E-state index contributed by atoms with van der Waals surface area (Å²) < 4.78 is 0. The molecular weight excluding hydrogens is 568 g/mol. The van der Waals surface area contributed by atoms with E-state index < -0.39 is 0 Å². The first kappa shape index (κ1) is 29.5. The Kier molecular flexibility index (Phi) is 7.64. The summed E-state index contributed by atoms with van der Waals surface area (Å²) in [5.74, 6) is 3.42. The number of hydrogen-bond acceptors (Lipinski definition) is 4. The highest BCUT2D eigenvalue weighted by atomic mass is 15.0. The minimum Gasteiger partial charge on any atom is -0.383 e. The van der Waals surface area contributed by atoms with Gasteiger partial charge in [0.1, 0.15) is 23.3 Å². The molecule has 6 aromatic rings. The number of aromatic nitrogens is 4. The maximum atomic E-state index is 6.34. The van der Waals surface area contributed by atoms with Gasteiger partial charge in [0.15, 0.2) is 0 Å². The molecular formula is C38H40N8. The zero-order valence-electron chi connectivity index (χ0n) is 26.6. The van der Waals surface area contributed by atoms with E-state index in [2.05, 4.69) is 92.7 Å². The molecule has 1 aliphatic rings. The molecule has 1 fully saturated rings. The van der Waals surface area contributed by atoms with Crippen LogP contribution in [0.4, 0.5) is 0 Å². The van der Waals surface area contributed by atoms with Crippen molar-refractivity contribution in [2.75, 3.05) is 0 Å². The van der Waals surface area contributed by atoms with Gasteiger partial charge in [-0.2, -0.15) is 0 Å². The number of imidazole rings is 2. The second kappa shape index (κ2) is 11.9. The van der Waals surface area contributed by atoms with Gasteiger partial charge < -0.3 is 21.4 Å². The molecule has 4 aromatic carbocycles. The maximum absolute atomic E-state index is 6.34. The van der Waals surface area contributed by atoms with E-state index in [1.54, 1.807) is 0 Å². The Labute approximate surface area is 269 Å². The van der Waals surface area contributed by atoms with Gasteiger partial charge in [-0.25, -0.2) is 9.97 Å². The van der Waals surface area contributed by atoms with Gasteiger partial charge >= 0.3 is 0 Å². The van der Waals surface area contributed by atoms with Gasteiger partial charge in [0.05, 0.1) is 22.1 Å². The smallest absolute Gasteiger partial charge is 0.125 e. The molecule has 0 radical (unpaired) electrons. The number of aliphatic imine (C=N–C) groups is 2. The molecule has 6 N–H and O–H groups in total. The van der Waals surface area contributed by atoms with E-state index >= 15 is 0 Å². The summed E-state index contributed by atoms with van der Waals surface area (Å²) in [7, 11) is 0. The Morgan fingerprint density at radius 1 is 0.565 bits per heavy atom. The highest BCUT2D eigenvalue weighted by molar-refractivity contribution is 6.01. The Morgan fingerprint density at radius 3 is 1.33 bits per heavy atom. The van der Waals surface area contributed by atoms with Gasteiger partial charge in [0.2, 0.25) is 0 Å². The van der Waals surface area contributed by atoms with Crippen LogP contribution in [0.15, 0.2) is 107 Å². The molecule has 8 heteroatoms. The highest BCUT2D eigenvalue weighted by Gasteiger charge is 2.55. The van der Waals surface area contributed by atoms with Gasteiger partial charge in [0.25, 0.3) is 0 Å². The number of nitrogens with two attached hydrogens (primary N) is 2. The molecule has 1 saturated carbocycles. The highest BCUT2D eigenvalue weighted by Crippen LogP contribution is 2.65. The summed E-state index contributed by atoms with van der Waals surface area (Å²) >= 11 is 0. The van der Waals surface area contributed by atoms with E-state index in [1.807, 2.05) is 52.0 Å². The lowest BCUT2D eigenvalue weighted by molar-refractivity contribution is 0.213. The molecule has 0 saturated heterocycles. The third-order valence-electron chi connectivity index (χ3n) is 8.93. The van der Waals surface area contributed by atoms with Crippen LogP contribution in [0.25, 0.3) is 22.1 Å². The van der Waals surface area contributed by atoms with Crippen LogP contribution in [0.1, 0.15) is 85.3 Å². The van der Waals surface area contributed by atoms with Crippen molar-refractivity contribution in [2.45, 2.75) is 63.5 Å². The first-order valence-corrected chi connectivity index (χ1v) is 16.0. The van der Waals surface area contributed by atoms with Crippen molar-refractivity contribution in [1.29, 1.82) is 0 Å². The fourth-order valence-corrected chi connectivity index (χ4v) is 7.01. The standard InChI is InChI=1S/C38H40N8/c1-21(2)41-35(39)25-15-17-27-29(19-25)45-37(43-27)33-31(23-11-7-5-8-12-23)34(32(33)24-13-9-6-10-14-24)38-44-28-18-16-26(20-30(28)46-38)36(40)42-22(3)4/h5-22,31-34H,1-4H3,(H2,39,41)(H2,40,42)(H,43,45)(H,44,46). The molecule has 0 aliphatic heterocycles. The molecule has 8 nitrogen and oxygen atoms in total. The van der Waals surface area contributed by atoms with Crippen molar-refractivity contribution in [1.82, 2.24) is 19.9 Å². The SMILES string of the molecule is CC(C)N=C(N)c1ccc2nc(C3C(c4ccccc4)C(c4nc5ccc(C(N)=NC(C)C)cc5[nH]4)C3c3ccccc3)[nH]c2c1. The van der Waals surface area contributed by atoms with Crippen molar-refractivity contribution < 1.29 is 0 Å². The van der Waals surface area contributed by atoms with E-state index in [1.165, 1.54) is 11.1 Å². The van der Waals surface area contributed by atoms with Crippen molar-refractivity contribution in [2.24, 2.45) is 21.5 Å². The average molecular weight is 609 g/mol. The summed E-state index contributed by atoms with van der Waals surface area (Å²) in [5, 5.41) is 0. The largest absolute Gasteiger partial charge is 0.383 e. The number of fused-ring (bicyclic) bond motifs is 2. The van der Waals surface area contributed by atoms with Crippen LogP contribution in [-0.4, -0.2) is 43.7 Å². The number of amidine groups is 2. The van der Waals surface area contributed by atoms with Gasteiger partial charge in [-0.15, -0.1) is 0 Å². The lowest BCUT2D eigenvalue weighted by Crippen LogP contribution is -2.41. The molecule has 2 heterocycles. The van der Waals surface area contributed by atoms with Crippen LogP contribution in [-0.2, 0) is 0 Å². The number of hydrogen-bond donors (Lipinski definition) is 4. The minimum absolute atomic E-state index is 0.0879. The van der Waals surface area contributed by atoms with Crippen molar-refractivity contribution >= 4 is 33.7 Å². The molecule has 7 rings (SSSR count). The zero-order valence-corrected chi connectivity index (χ0v) is 26.6. The normalized spacial score (nSPS) is 20.6. The molecule has 0 amide bonds. The van der Waals surface area contributed by atoms with Crippen LogP contribution < -0.4 is 11.5 Å². The summed E-state index contributed by atoms with van der Waals surface area (Å²) in [6, 6.07) is 33.9. The van der Waals surface area contributed by atoms with Crippen LogP contribution in [0.3, 0.4) is 0 Å². The molecule has 0 spiro atoms. The Bertz CT molecular complexity index is 1900. The third-order valence-corrected chi connectivity index (χ3v) is 8.93. The lowest BCUT2D eigenvalue weighted by Gasteiger charge is -2.51. The van der Waals surface area contributed by atoms with Gasteiger partial charge in [-0.3, -0.25) is 9.98 Å². The van der Waals surface area contributed by atoms with E-state index in [4.69, 9.17) is 21.4 Å². The molecule has 46 heavy (non-hydrogen) atoms. The summed E-state index contributed by atoms with van der Waals surface area (Å²) in [4.78, 5) is 26.9. The predicted octanol–water partition coefficient (Wildman–Crippen LogP) is 7.12. The first-order chi connectivity index (χ1) is 22.3. The Balaban J connectivity index is 1.35. The molecule has 232 valence electrons. The number of aromatic amines is 2. The quantitative estimate of drug-likeness (QED) is 0.108. The molecule has 0 bridgehead atoms. The predicted molar refractivity (Wildman–Crippen MR) is 188 cm³/mol. The lowest BCUT2D eigenvalue weighted by atomic mass is 9.52. The molecule has 0 atom stereocenters. The third kappa shape index (κ3) is 5.44. The molecule has 2 aromatic heterocycles. The number of nitrogens with zero attached hydrogens (tertiary/aromatic N) is 4. The zero-order chi connectivity index (χ0) is 31.9. The topological polar surface area (TPSA) is 134 Å². The Hall–Kier alpha value is -5.24. The van der Waals surface area contributed by atoms with Gasteiger partial charge in [-0.05, 0) is 75.2 Å². The van der Waals surface area contributed by atoms with Gasteiger partial charge in [0, 0.05) is 46.9 Å². The second-order valence-corrected chi connectivity index (χ2v) is 12.8. The number of rotatable bonds is 8. The number of H-pyrrole nitrogens is 2. The Morgan fingerprint density at radius 2 is 0.957 bits per heavy atom. The van der Waals surface area contributed by atoms with Crippen molar-refractivity contribution in [3.8, 4) is 0 Å². The monoisotopic (exact) mass is 608 g/mol. The van der Waals surface area contributed by atoms with Gasteiger partial charge in [-0.1, -0.05) is 60.7 Å². The fourth-order valence-electron chi connectivity index (χ4n) is 7.01. The second-order valence-electron chi connectivity index (χ2n) is 12.8. The minimum atomic E-state index is 0.0879. The van der Waals surface area contributed by atoms with E-state index in [-0.39, 0.29) is 35.8 Å². The molecule has 1 aliphatic carbocycles. The maximum Gasteiger partial charge on any atom is 0.125 e. The van der Waals surface area contributed by atoms with Crippen LogP contribution in [0.5, 0.6) is 0 Å². The summed E-state index contributed by atoms with van der Waals surface area (Å²) in [6.07, 6.45) is 0. The average Bonchev–Trinajstić information content (AvgIpc) is 3.64. The van der Waals surface area contributed by atoms with E-state index in [0.29, 0.717) is 11.7 Å². The first-order valence-electron chi connectivity index (χ1n) is 16.0.